The molecule has 2 aromatic rings. The van der Waals surface area contributed by atoms with Crippen molar-refractivity contribution >= 4 is 17.5 Å². The van der Waals surface area contributed by atoms with Gasteiger partial charge < -0.3 is 19.9 Å². The molecule has 3 rings (SSSR count). The normalized spacial score (nSPS) is 19.4. The van der Waals surface area contributed by atoms with Crippen LogP contribution in [0.4, 0.5) is 0 Å². The molecule has 27 heavy (non-hydrogen) atoms. The van der Waals surface area contributed by atoms with E-state index in [9.17, 15) is 4.79 Å². The van der Waals surface area contributed by atoms with E-state index in [1.54, 1.807) is 17.0 Å². The van der Waals surface area contributed by atoms with Crippen LogP contribution in [-0.2, 0) is 11.3 Å². The summed E-state index contributed by atoms with van der Waals surface area (Å²) in [5, 5.41) is 3.63. The molecule has 1 heterocycles. The molecule has 0 saturated carbocycles. The predicted molar refractivity (Wildman–Crippen MR) is 106 cm³/mol. The Morgan fingerprint density at radius 3 is 2.33 bits per heavy atom. The van der Waals surface area contributed by atoms with Crippen LogP contribution in [0.5, 0.6) is 5.75 Å². The number of nitrogens with one attached hydrogen (secondary N) is 3. The third-order valence-electron chi connectivity index (χ3n) is 4.88. The largest absolute Gasteiger partial charge is 0.492 e. The molecule has 1 amide bonds. The van der Waals surface area contributed by atoms with E-state index in [-0.39, 0.29) is 5.91 Å². The van der Waals surface area contributed by atoms with E-state index in [2.05, 4.69) is 35.6 Å². The van der Waals surface area contributed by atoms with Gasteiger partial charge in [0.25, 0.3) is 5.91 Å². The number of benzene rings is 2. The van der Waals surface area contributed by atoms with Gasteiger partial charge in [-0.15, -0.1) is 0 Å². The van der Waals surface area contributed by atoms with Crippen molar-refractivity contribution in [2.45, 2.75) is 6.54 Å². The Morgan fingerprint density at radius 1 is 0.963 bits per heavy atom. The number of halogens is 1. The Balaban J connectivity index is 1.28. The van der Waals surface area contributed by atoms with Crippen LogP contribution in [0.1, 0.15) is 5.56 Å². The molecule has 0 spiro atoms. The van der Waals surface area contributed by atoms with Crippen LogP contribution < -0.4 is 19.9 Å². The molecule has 144 valence electrons. The Hall–Kier alpha value is -2.08. The number of rotatable bonds is 8. The second kappa shape index (κ2) is 10.3. The van der Waals surface area contributed by atoms with E-state index in [4.69, 9.17) is 16.3 Å². The monoisotopic (exact) mass is 389 g/mol. The molecule has 0 atom stereocenters. The van der Waals surface area contributed by atoms with E-state index in [0.717, 1.165) is 38.5 Å². The van der Waals surface area contributed by atoms with Crippen molar-refractivity contribution in [3.05, 3.63) is 65.2 Å². The Labute approximate surface area is 165 Å². The molecule has 0 aromatic heterocycles. The number of piperazine rings is 1. The van der Waals surface area contributed by atoms with Crippen LogP contribution in [0.15, 0.2) is 54.6 Å². The molecular weight excluding hydrogens is 362 g/mol. The SMILES string of the molecule is O=C(C[NH+]1CC[NH+](Cc2ccccc2)CC1)NCCOc1ccc(Cl)cc1. The third-order valence-corrected chi connectivity index (χ3v) is 5.13. The smallest absolute Gasteiger partial charge is 0.275 e. The Bertz CT molecular complexity index is 701. The van der Waals surface area contributed by atoms with Crippen molar-refractivity contribution in [1.82, 2.24) is 5.32 Å². The van der Waals surface area contributed by atoms with Gasteiger partial charge in [-0.1, -0.05) is 41.9 Å². The zero-order valence-electron chi connectivity index (χ0n) is 15.5. The molecule has 0 radical (unpaired) electrons. The second-order valence-corrected chi connectivity index (χ2v) is 7.43. The van der Waals surface area contributed by atoms with E-state index in [1.165, 1.54) is 10.5 Å². The summed E-state index contributed by atoms with van der Waals surface area (Å²) in [6.45, 7) is 6.88. The number of carbonyl (C=O) groups is 1. The lowest BCUT2D eigenvalue weighted by Gasteiger charge is -2.29. The van der Waals surface area contributed by atoms with E-state index < -0.39 is 0 Å². The highest BCUT2D eigenvalue weighted by Gasteiger charge is 2.24. The van der Waals surface area contributed by atoms with Crippen LogP contribution in [0, 0.1) is 0 Å². The number of amides is 1. The van der Waals surface area contributed by atoms with Gasteiger partial charge in [-0.2, -0.15) is 0 Å². The van der Waals surface area contributed by atoms with Gasteiger partial charge in [0.1, 0.15) is 45.1 Å². The molecule has 0 unspecified atom stereocenters. The van der Waals surface area contributed by atoms with Gasteiger partial charge in [-0.3, -0.25) is 4.79 Å². The standard InChI is InChI=1S/C21H26ClN3O2/c22-19-6-8-20(9-7-19)27-15-10-23-21(26)17-25-13-11-24(12-14-25)16-18-4-2-1-3-5-18/h1-9H,10-17H2,(H,23,26)/p+2. The molecular formula is C21H28ClN3O2+2. The first-order valence-corrected chi connectivity index (χ1v) is 9.93. The minimum atomic E-state index is 0.0937. The highest BCUT2D eigenvalue weighted by Crippen LogP contribution is 2.14. The van der Waals surface area contributed by atoms with Crippen molar-refractivity contribution in [3.8, 4) is 5.75 Å². The first kappa shape index (κ1) is 19.7. The van der Waals surface area contributed by atoms with Gasteiger partial charge in [-0.05, 0) is 24.3 Å². The Kier molecular flexibility index (Phi) is 7.51. The fourth-order valence-electron chi connectivity index (χ4n) is 3.37. The van der Waals surface area contributed by atoms with Crippen LogP contribution in [0.2, 0.25) is 5.02 Å². The van der Waals surface area contributed by atoms with Crippen molar-refractivity contribution in [2.24, 2.45) is 0 Å². The van der Waals surface area contributed by atoms with Crippen molar-refractivity contribution in [2.75, 3.05) is 45.9 Å². The van der Waals surface area contributed by atoms with Crippen LogP contribution in [0.3, 0.4) is 0 Å². The summed E-state index contributed by atoms with van der Waals surface area (Å²) in [5.74, 6) is 0.855. The number of carbonyl (C=O) groups excluding carboxylic acids is 1. The highest BCUT2D eigenvalue weighted by atomic mass is 35.5. The fourth-order valence-corrected chi connectivity index (χ4v) is 3.50. The van der Waals surface area contributed by atoms with Crippen LogP contribution in [0.25, 0.3) is 0 Å². The average Bonchev–Trinajstić information content (AvgIpc) is 2.69. The number of hydrogen-bond acceptors (Lipinski definition) is 2. The number of quaternary nitrogens is 2. The molecule has 6 heteroatoms. The predicted octanol–water partition coefficient (Wildman–Crippen LogP) is -0.181. The fraction of sp³-hybridized carbons (Fsp3) is 0.381. The maximum Gasteiger partial charge on any atom is 0.275 e. The summed E-state index contributed by atoms with van der Waals surface area (Å²) >= 11 is 5.84. The first-order chi connectivity index (χ1) is 13.2. The maximum absolute atomic E-state index is 12.1. The molecule has 0 aliphatic carbocycles. The topological polar surface area (TPSA) is 47.2 Å². The molecule has 5 nitrogen and oxygen atoms in total. The van der Waals surface area contributed by atoms with Gasteiger partial charge in [0, 0.05) is 10.6 Å². The van der Waals surface area contributed by atoms with Gasteiger partial charge in [0.2, 0.25) is 0 Å². The maximum atomic E-state index is 12.1. The van der Waals surface area contributed by atoms with E-state index in [1.807, 2.05) is 12.1 Å². The summed E-state index contributed by atoms with van der Waals surface area (Å²) in [7, 11) is 0. The average molecular weight is 390 g/mol. The molecule has 2 aromatic carbocycles. The number of ether oxygens (including phenoxy) is 1. The lowest BCUT2D eigenvalue weighted by molar-refractivity contribution is -1.02. The second-order valence-electron chi connectivity index (χ2n) is 6.99. The van der Waals surface area contributed by atoms with Crippen LogP contribution in [-0.4, -0.2) is 51.8 Å². The van der Waals surface area contributed by atoms with Gasteiger partial charge >= 0.3 is 0 Å². The summed E-state index contributed by atoms with van der Waals surface area (Å²) < 4.78 is 5.59. The van der Waals surface area contributed by atoms with Gasteiger partial charge in [-0.25, -0.2) is 0 Å². The van der Waals surface area contributed by atoms with E-state index >= 15 is 0 Å². The summed E-state index contributed by atoms with van der Waals surface area (Å²) in [6.07, 6.45) is 0. The molecule has 1 fully saturated rings. The lowest BCUT2D eigenvalue weighted by atomic mass is 10.2. The molecule has 3 N–H and O–H groups in total. The molecule has 1 saturated heterocycles. The van der Waals surface area contributed by atoms with E-state index in [0.29, 0.717) is 24.7 Å². The molecule has 0 bridgehead atoms. The quantitative estimate of drug-likeness (QED) is 0.548. The summed E-state index contributed by atoms with van der Waals surface area (Å²) in [6, 6.07) is 17.8. The lowest BCUT2D eigenvalue weighted by Crippen LogP contribution is -3.28. The van der Waals surface area contributed by atoms with Crippen molar-refractivity contribution in [1.29, 1.82) is 0 Å². The summed E-state index contributed by atoms with van der Waals surface area (Å²) in [5.41, 5.74) is 1.38. The summed E-state index contributed by atoms with van der Waals surface area (Å²) in [4.78, 5) is 15.1. The first-order valence-electron chi connectivity index (χ1n) is 9.55. The minimum absolute atomic E-state index is 0.0937. The van der Waals surface area contributed by atoms with Gasteiger partial charge in [0.05, 0.1) is 6.54 Å². The molecule has 1 aliphatic rings. The van der Waals surface area contributed by atoms with Gasteiger partial charge in [0.15, 0.2) is 6.54 Å². The number of hydrogen-bond donors (Lipinski definition) is 3. The van der Waals surface area contributed by atoms with Crippen LogP contribution >= 0.6 is 11.6 Å². The minimum Gasteiger partial charge on any atom is -0.492 e. The molecule has 1 aliphatic heterocycles. The Morgan fingerprint density at radius 2 is 1.63 bits per heavy atom. The highest BCUT2D eigenvalue weighted by molar-refractivity contribution is 6.30. The van der Waals surface area contributed by atoms with Crippen molar-refractivity contribution in [3.63, 3.8) is 0 Å². The zero-order valence-corrected chi connectivity index (χ0v) is 16.3. The zero-order chi connectivity index (χ0) is 18.9. The van der Waals surface area contributed by atoms with Crippen molar-refractivity contribution < 1.29 is 19.3 Å². The third kappa shape index (κ3) is 6.86.